The Morgan fingerprint density at radius 2 is 2.05 bits per heavy atom. The maximum Gasteiger partial charge on any atom is 0.170 e. The van der Waals surface area contributed by atoms with E-state index in [1.807, 2.05) is 24.3 Å². The van der Waals surface area contributed by atoms with E-state index in [9.17, 15) is 4.39 Å². The zero-order valence-electron chi connectivity index (χ0n) is 11.2. The molecule has 0 heterocycles. The number of hydrogen-bond donors (Lipinski definition) is 3. The van der Waals surface area contributed by atoms with Crippen LogP contribution in [0.4, 0.5) is 4.39 Å². The first-order chi connectivity index (χ1) is 10.1. The average molecular weight is 352 g/mol. The van der Waals surface area contributed by atoms with Gasteiger partial charge in [0.2, 0.25) is 0 Å². The Labute approximate surface area is 130 Å². The molecule has 0 saturated carbocycles. The number of nitrogens with zero attached hydrogens (tertiary/aromatic N) is 1. The summed E-state index contributed by atoms with van der Waals surface area (Å²) in [6.07, 6.45) is 0. The molecule has 4 N–H and O–H groups in total. The van der Waals surface area contributed by atoms with E-state index in [0.29, 0.717) is 24.2 Å². The molecule has 0 aliphatic carbocycles. The fourth-order valence-electron chi connectivity index (χ4n) is 1.90. The molecule has 0 aliphatic rings. The maximum absolute atomic E-state index is 13.9. The Balaban J connectivity index is 1.97. The molecule has 0 radical (unpaired) electrons. The second-order valence-electron chi connectivity index (χ2n) is 4.52. The minimum atomic E-state index is -0.388. The summed E-state index contributed by atoms with van der Waals surface area (Å²) in [5, 5.41) is 14.6. The predicted octanol–water partition coefficient (Wildman–Crippen LogP) is 2.97. The van der Waals surface area contributed by atoms with E-state index in [0.717, 1.165) is 10.0 Å². The van der Waals surface area contributed by atoms with Gasteiger partial charge in [0.25, 0.3) is 0 Å². The lowest BCUT2D eigenvalue weighted by atomic mass is 10.1. The number of hydrogen-bond acceptors (Lipinski definition) is 3. The molecule has 21 heavy (non-hydrogen) atoms. The molecule has 0 bridgehead atoms. The fourth-order valence-corrected chi connectivity index (χ4v) is 2.34. The lowest BCUT2D eigenvalue weighted by molar-refractivity contribution is 0.318. The van der Waals surface area contributed by atoms with Gasteiger partial charge >= 0.3 is 0 Å². The van der Waals surface area contributed by atoms with Gasteiger partial charge in [-0.2, -0.15) is 0 Å². The van der Waals surface area contributed by atoms with Crippen molar-refractivity contribution in [3.05, 3.63) is 69.4 Å². The van der Waals surface area contributed by atoms with Crippen molar-refractivity contribution in [1.29, 1.82) is 0 Å². The van der Waals surface area contributed by atoms with Crippen LogP contribution >= 0.6 is 15.9 Å². The summed E-state index contributed by atoms with van der Waals surface area (Å²) in [7, 11) is 0. The van der Waals surface area contributed by atoms with E-state index in [1.165, 1.54) is 6.07 Å². The summed E-state index contributed by atoms with van der Waals surface area (Å²) in [5.41, 5.74) is 7.41. The van der Waals surface area contributed by atoms with Gasteiger partial charge in [-0.25, -0.2) is 4.39 Å². The lowest BCUT2D eigenvalue weighted by Gasteiger charge is -2.08. The van der Waals surface area contributed by atoms with Gasteiger partial charge < -0.3 is 16.3 Å². The summed E-state index contributed by atoms with van der Waals surface area (Å²) in [6, 6.07) is 12.4. The normalized spacial score (nSPS) is 11.6. The van der Waals surface area contributed by atoms with Gasteiger partial charge in [-0.1, -0.05) is 45.4 Å². The average Bonchev–Trinajstić information content (AvgIpc) is 2.48. The molecule has 0 saturated heterocycles. The summed E-state index contributed by atoms with van der Waals surface area (Å²) in [6.45, 7) is 1.04. The Kier molecular flexibility index (Phi) is 5.30. The molecule has 2 aromatic carbocycles. The standard InChI is InChI=1S/C15H15BrFN3O/c16-13-3-1-2-10(6-13)8-19-9-12-5-4-11(7-14(12)17)15(18)20-21/h1-7,19,21H,8-9H2,(H2,18,20). The van der Waals surface area contributed by atoms with E-state index >= 15 is 0 Å². The van der Waals surface area contributed by atoms with Crippen LogP contribution in [0.3, 0.4) is 0 Å². The van der Waals surface area contributed by atoms with Crippen molar-refractivity contribution in [2.75, 3.05) is 0 Å². The SMILES string of the molecule is NC(=NO)c1ccc(CNCc2cccc(Br)c2)c(F)c1. The van der Waals surface area contributed by atoms with Crippen molar-refractivity contribution in [3.8, 4) is 0 Å². The van der Waals surface area contributed by atoms with Crippen LogP contribution in [0.25, 0.3) is 0 Å². The van der Waals surface area contributed by atoms with Crippen LogP contribution in [0.5, 0.6) is 0 Å². The van der Waals surface area contributed by atoms with Crippen LogP contribution < -0.4 is 11.1 Å². The number of amidine groups is 1. The van der Waals surface area contributed by atoms with E-state index in [2.05, 4.69) is 26.4 Å². The first kappa shape index (κ1) is 15.5. The van der Waals surface area contributed by atoms with Crippen molar-refractivity contribution in [1.82, 2.24) is 5.32 Å². The van der Waals surface area contributed by atoms with E-state index in [4.69, 9.17) is 10.9 Å². The Morgan fingerprint density at radius 1 is 1.24 bits per heavy atom. The van der Waals surface area contributed by atoms with Crippen LogP contribution in [0.15, 0.2) is 52.1 Å². The number of nitrogens with one attached hydrogen (secondary N) is 1. The summed E-state index contributed by atoms with van der Waals surface area (Å²) >= 11 is 3.41. The van der Waals surface area contributed by atoms with Crippen LogP contribution in [-0.4, -0.2) is 11.0 Å². The highest BCUT2D eigenvalue weighted by Gasteiger charge is 2.06. The maximum atomic E-state index is 13.9. The highest BCUT2D eigenvalue weighted by Crippen LogP contribution is 2.13. The lowest BCUT2D eigenvalue weighted by Crippen LogP contribution is -2.16. The molecule has 0 atom stereocenters. The smallest absolute Gasteiger partial charge is 0.170 e. The molecular formula is C15H15BrFN3O. The third-order valence-corrected chi connectivity index (χ3v) is 3.48. The van der Waals surface area contributed by atoms with Crippen molar-refractivity contribution in [3.63, 3.8) is 0 Å². The van der Waals surface area contributed by atoms with Crippen molar-refractivity contribution < 1.29 is 9.60 Å². The van der Waals surface area contributed by atoms with Crippen molar-refractivity contribution in [2.24, 2.45) is 10.9 Å². The first-order valence-electron chi connectivity index (χ1n) is 6.31. The third kappa shape index (κ3) is 4.27. The highest BCUT2D eigenvalue weighted by atomic mass is 79.9. The summed E-state index contributed by atoms with van der Waals surface area (Å²) < 4.78 is 14.9. The Hall–Kier alpha value is -1.92. The van der Waals surface area contributed by atoms with Crippen LogP contribution in [-0.2, 0) is 13.1 Å². The number of nitrogens with two attached hydrogens (primary N) is 1. The molecule has 0 unspecified atom stereocenters. The number of oxime groups is 1. The summed E-state index contributed by atoms with van der Waals surface area (Å²) in [5.74, 6) is -0.497. The summed E-state index contributed by atoms with van der Waals surface area (Å²) in [4.78, 5) is 0. The molecule has 2 aromatic rings. The van der Waals surface area contributed by atoms with Crippen LogP contribution in [0.1, 0.15) is 16.7 Å². The molecule has 0 fully saturated rings. The number of halogens is 2. The molecular weight excluding hydrogens is 337 g/mol. The zero-order valence-corrected chi connectivity index (χ0v) is 12.8. The van der Waals surface area contributed by atoms with Gasteiger partial charge in [0.05, 0.1) is 0 Å². The van der Waals surface area contributed by atoms with Gasteiger partial charge in [-0.05, 0) is 23.8 Å². The van der Waals surface area contributed by atoms with Crippen LogP contribution in [0.2, 0.25) is 0 Å². The van der Waals surface area contributed by atoms with Gasteiger partial charge in [0.15, 0.2) is 5.84 Å². The van der Waals surface area contributed by atoms with E-state index in [-0.39, 0.29) is 11.7 Å². The molecule has 4 nitrogen and oxygen atoms in total. The van der Waals surface area contributed by atoms with Gasteiger partial charge in [0.1, 0.15) is 5.82 Å². The van der Waals surface area contributed by atoms with Crippen LogP contribution in [0, 0.1) is 5.82 Å². The quantitative estimate of drug-likeness (QED) is 0.335. The first-order valence-corrected chi connectivity index (χ1v) is 7.11. The minimum absolute atomic E-state index is 0.109. The fraction of sp³-hybridized carbons (Fsp3) is 0.133. The van der Waals surface area contributed by atoms with Gasteiger partial charge in [-0.15, -0.1) is 0 Å². The monoisotopic (exact) mass is 351 g/mol. The molecule has 110 valence electrons. The third-order valence-electron chi connectivity index (χ3n) is 2.99. The Morgan fingerprint density at radius 3 is 2.71 bits per heavy atom. The Bertz CT molecular complexity index is 661. The molecule has 0 aliphatic heterocycles. The van der Waals surface area contributed by atoms with Crippen molar-refractivity contribution in [2.45, 2.75) is 13.1 Å². The highest BCUT2D eigenvalue weighted by molar-refractivity contribution is 9.10. The van der Waals surface area contributed by atoms with E-state index < -0.39 is 0 Å². The second-order valence-corrected chi connectivity index (χ2v) is 5.44. The molecule has 0 spiro atoms. The molecule has 0 aromatic heterocycles. The largest absolute Gasteiger partial charge is 0.409 e. The molecule has 6 heteroatoms. The number of rotatable bonds is 5. The second kappa shape index (κ2) is 7.19. The zero-order chi connectivity index (χ0) is 15.2. The minimum Gasteiger partial charge on any atom is -0.409 e. The topological polar surface area (TPSA) is 70.6 Å². The van der Waals surface area contributed by atoms with Gasteiger partial charge in [-0.3, -0.25) is 0 Å². The molecule has 2 rings (SSSR count). The van der Waals surface area contributed by atoms with E-state index in [1.54, 1.807) is 12.1 Å². The molecule has 0 amide bonds. The van der Waals surface area contributed by atoms with Crippen molar-refractivity contribution >= 4 is 21.8 Å². The number of benzene rings is 2. The van der Waals surface area contributed by atoms with Gasteiger partial charge in [0, 0.05) is 28.7 Å². The predicted molar refractivity (Wildman–Crippen MR) is 83.6 cm³/mol.